The average Bonchev–Trinajstić information content (AvgIpc) is 3.18. The molecule has 0 atom stereocenters. The van der Waals surface area contributed by atoms with Crippen molar-refractivity contribution in [3.05, 3.63) is 23.8 Å². The minimum Gasteiger partial charge on any atom is -0.539 e. The molecule has 0 bridgehead atoms. The van der Waals surface area contributed by atoms with E-state index in [9.17, 15) is 0 Å². The third-order valence-electron chi connectivity index (χ3n) is 3.80. The van der Waals surface area contributed by atoms with Crippen LogP contribution in [0.1, 0.15) is 18.4 Å². The van der Waals surface area contributed by atoms with Crippen LogP contribution in [-0.2, 0) is 25.5 Å². The maximum absolute atomic E-state index is 9.04. The maximum atomic E-state index is 9.04. The molecule has 1 aliphatic heterocycles. The second kappa shape index (κ2) is 12.9. The molecule has 1 fully saturated rings. The third-order valence-corrected chi connectivity index (χ3v) is 3.80. The van der Waals surface area contributed by atoms with Crippen molar-refractivity contribution in [1.29, 1.82) is 0 Å². The highest BCUT2D eigenvalue weighted by atomic mass is 16.7. The molecule has 9 heteroatoms. The number of carbonyl (C=O) groups excluding carboxylic acids is 1. The van der Waals surface area contributed by atoms with Crippen molar-refractivity contribution in [2.75, 3.05) is 40.5 Å². The fourth-order valence-corrected chi connectivity index (χ4v) is 2.45. The molecule has 1 aromatic rings. The average molecular weight is 385 g/mol. The number of methoxy groups -OCH3 is 2. The van der Waals surface area contributed by atoms with Crippen LogP contribution < -0.4 is 19.9 Å². The fourth-order valence-electron chi connectivity index (χ4n) is 2.45. The van der Waals surface area contributed by atoms with Gasteiger partial charge in [-0.3, -0.25) is 0 Å². The van der Waals surface area contributed by atoms with Crippen LogP contribution in [0.5, 0.6) is 11.5 Å². The van der Waals surface area contributed by atoms with Crippen molar-refractivity contribution in [3.8, 4) is 11.5 Å². The number of aliphatic carboxylic acids is 2. The first-order chi connectivity index (χ1) is 13.0. The first-order valence-electron chi connectivity index (χ1n) is 8.68. The summed E-state index contributed by atoms with van der Waals surface area (Å²) < 4.78 is 21.4. The Labute approximate surface area is 158 Å². The molecule has 0 amide bonds. The summed E-state index contributed by atoms with van der Waals surface area (Å²) in [5.74, 6) is -2.43. The van der Waals surface area contributed by atoms with Gasteiger partial charge in [-0.15, -0.1) is 0 Å². The number of hydrogen-bond donors (Lipinski definition) is 2. The van der Waals surface area contributed by atoms with E-state index < -0.39 is 11.9 Å². The van der Waals surface area contributed by atoms with Crippen LogP contribution in [0.15, 0.2) is 18.2 Å². The lowest BCUT2D eigenvalue weighted by Crippen LogP contribution is -2.84. The Morgan fingerprint density at radius 2 is 1.81 bits per heavy atom. The van der Waals surface area contributed by atoms with E-state index in [2.05, 4.69) is 11.4 Å². The number of carbonyl (C=O) groups is 2. The molecule has 0 aromatic heterocycles. The van der Waals surface area contributed by atoms with Gasteiger partial charge in [0, 0.05) is 19.3 Å². The van der Waals surface area contributed by atoms with Gasteiger partial charge in [-0.05, 0) is 17.7 Å². The SMILES string of the molecule is COc1ccc(CC[NH2+]CCCC2OCCO2)cc1OC.O=C([O-])C(=O)O. The summed E-state index contributed by atoms with van der Waals surface area (Å²) in [6.07, 6.45) is 3.17. The van der Waals surface area contributed by atoms with Crippen LogP contribution in [0.4, 0.5) is 0 Å². The summed E-state index contributed by atoms with van der Waals surface area (Å²) >= 11 is 0. The van der Waals surface area contributed by atoms with Crippen molar-refractivity contribution >= 4 is 11.9 Å². The van der Waals surface area contributed by atoms with E-state index in [0.717, 1.165) is 57.1 Å². The molecule has 3 N–H and O–H groups in total. The van der Waals surface area contributed by atoms with Crippen molar-refractivity contribution in [2.24, 2.45) is 0 Å². The van der Waals surface area contributed by atoms with Gasteiger partial charge in [0.25, 0.3) is 0 Å². The Balaban J connectivity index is 0.000000527. The molecule has 0 unspecified atom stereocenters. The van der Waals surface area contributed by atoms with E-state index in [-0.39, 0.29) is 6.29 Å². The van der Waals surface area contributed by atoms with Gasteiger partial charge in [0.05, 0.1) is 40.5 Å². The van der Waals surface area contributed by atoms with Crippen LogP contribution in [0.3, 0.4) is 0 Å². The first-order valence-corrected chi connectivity index (χ1v) is 8.68. The number of rotatable bonds is 9. The Kier molecular flexibility index (Phi) is 10.8. The third kappa shape index (κ3) is 9.23. The summed E-state index contributed by atoms with van der Waals surface area (Å²) in [5.41, 5.74) is 1.27. The van der Waals surface area contributed by atoms with Gasteiger partial charge >= 0.3 is 5.97 Å². The van der Waals surface area contributed by atoms with Crippen LogP contribution in [0.25, 0.3) is 0 Å². The molecule has 9 nitrogen and oxygen atoms in total. The van der Waals surface area contributed by atoms with Gasteiger partial charge < -0.3 is 39.3 Å². The van der Waals surface area contributed by atoms with Crippen molar-refractivity contribution in [3.63, 3.8) is 0 Å². The molecule has 1 aromatic carbocycles. The van der Waals surface area contributed by atoms with E-state index >= 15 is 0 Å². The predicted octanol–water partition coefficient (Wildman–Crippen LogP) is -1.22. The largest absolute Gasteiger partial charge is 0.539 e. The zero-order valence-electron chi connectivity index (χ0n) is 15.6. The molecule has 0 radical (unpaired) electrons. The number of hydrogen-bond acceptors (Lipinski definition) is 7. The van der Waals surface area contributed by atoms with Crippen molar-refractivity contribution in [1.82, 2.24) is 0 Å². The zero-order chi connectivity index (χ0) is 20.1. The van der Waals surface area contributed by atoms with Gasteiger partial charge in [-0.1, -0.05) is 6.07 Å². The molecule has 152 valence electrons. The smallest absolute Gasteiger partial charge is 0.351 e. The molecule has 0 saturated carbocycles. The van der Waals surface area contributed by atoms with Crippen molar-refractivity contribution < 1.29 is 44.1 Å². The second-order valence-corrected chi connectivity index (χ2v) is 5.71. The molecule has 1 saturated heterocycles. The highest BCUT2D eigenvalue weighted by Gasteiger charge is 2.15. The lowest BCUT2D eigenvalue weighted by Gasteiger charge is -2.10. The summed E-state index contributed by atoms with van der Waals surface area (Å²) in [6, 6.07) is 6.10. The Morgan fingerprint density at radius 3 is 2.37 bits per heavy atom. The highest BCUT2D eigenvalue weighted by Crippen LogP contribution is 2.27. The lowest BCUT2D eigenvalue weighted by atomic mass is 10.1. The second-order valence-electron chi connectivity index (χ2n) is 5.71. The van der Waals surface area contributed by atoms with Crippen LogP contribution >= 0.6 is 0 Å². The van der Waals surface area contributed by atoms with Gasteiger partial charge in [-0.2, -0.15) is 0 Å². The Morgan fingerprint density at radius 1 is 1.19 bits per heavy atom. The fraction of sp³-hybridized carbons (Fsp3) is 0.556. The maximum Gasteiger partial charge on any atom is 0.351 e. The minimum absolute atomic E-state index is 0.0317. The minimum atomic E-state index is -2.07. The van der Waals surface area contributed by atoms with E-state index in [1.807, 2.05) is 12.1 Å². The lowest BCUT2D eigenvalue weighted by molar-refractivity contribution is -0.654. The van der Waals surface area contributed by atoms with E-state index in [4.69, 9.17) is 38.7 Å². The molecule has 1 heterocycles. The normalized spacial score (nSPS) is 13.6. The Bertz CT molecular complexity index is 575. The molecule has 2 rings (SSSR count). The van der Waals surface area contributed by atoms with E-state index in [0.29, 0.717) is 0 Å². The van der Waals surface area contributed by atoms with Gasteiger partial charge in [-0.25, -0.2) is 4.79 Å². The van der Waals surface area contributed by atoms with Gasteiger partial charge in [0.15, 0.2) is 23.8 Å². The zero-order valence-corrected chi connectivity index (χ0v) is 15.6. The van der Waals surface area contributed by atoms with Crippen LogP contribution in [0.2, 0.25) is 0 Å². The van der Waals surface area contributed by atoms with Crippen molar-refractivity contribution in [2.45, 2.75) is 25.6 Å². The quantitative estimate of drug-likeness (QED) is 0.400. The molecule has 0 aliphatic carbocycles. The number of carboxylic acids is 2. The molecular formula is C18H27NO8. The number of ether oxygens (including phenoxy) is 4. The summed E-state index contributed by atoms with van der Waals surface area (Å²) in [7, 11) is 3.32. The van der Waals surface area contributed by atoms with E-state index in [1.165, 1.54) is 5.56 Å². The molecular weight excluding hydrogens is 358 g/mol. The molecule has 27 heavy (non-hydrogen) atoms. The highest BCUT2D eigenvalue weighted by molar-refractivity contribution is 6.26. The summed E-state index contributed by atoms with van der Waals surface area (Å²) in [5, 5.41) is 18.7. The topological polar surface area (TPSA) is 131 Å². The molecule has 1 aliphatic rings. The summed E-state index contributed by atoms with van der Waals surface area (Å²) in [6.45, 7) is 3.67. The number of carboxylic acid groups (broad SMARTS) is 2. The number of benzene rings is 1. The number of quaternary nitrogens is 1. The molecule has 0 spiro atoms. The van der Waals surface area contributed by atoms with E-state index in [1.54, 1.807) is 14.2 Å². The monoisotopic (exact) mass is 385 g/mol. The standard InChI is InChI=1S/C16H25NO4.C2H2O4/c1-18-14-6-5-13(12-15(14)19-2)7-9-17-8-3-4-16-20-10-11-21-16;3-1(4)2(5)6/h5-6,12,16-17H,3-4,7-11H2,1-2H3;(H,3,4)(H,5,6). The van der Waals surface area contributed by atoms with Gasteiger partial charge in [0.1, 0.15) is 0 Å². The van der Waals surface area contributed by atoms with Crippen LogP contribution in [-0.4, -0.2) is 63.9 Å². The predicted molar refractivity (Wildman–Crippen MR) is 92.5 cm³/mol. The number of nitrogens with two attached hydrogens (primary N) is 1. The Hall–Kier alpha value is -2.36. The first kappa shape index (κ1) is 22.7. The van der Waals surface area contributed by atoms with Gasteiger partial charge in [0.2, 0.25) is 0 Å². The van der Waals surface area contributed by atoms with Crippen LogP contribution in [0, 0.1) is 0 Å². The summed E-state index contributed by atoms with van der Waals surface area (Å²) in [4.78, 5) is 18.0.